The molecule has 1 aliphatic rings. The Kier molecular flexibility index (Phi) is 5.93. The number of fused-ring (bicyclic) bond motifs is 1. The number of methoxy groups -OCH3 is 1. The topological polar surface area (TPSA) is 94.2 Å². The second-order valence-corrected chi connectivity index (χ2v) is 8.15. The Hall–Kier alpha value is -2.94. The number of nitrogens with one attached hydrogen (secondary N) is 1. The Morgan fingerprint density at radius 3 is 2.57 bits per heavy atom. The molecule has 0 saturated carbocycles. The van der Waals surface area contributed by atoms with Crippen LogP contribution in [0.5, 0.6) is 17.2 Å². The lowest BCUT2D eigenvalue weighted by molar-refractivity contribution is -0.120. The van der Waals surface area contributed by atoms with Crippen LogP contribution in [-0.4, -0.2) is 53.5 Å². The van der Waals surface area contributed by atoms with Crippen molar-refractivity contribution < 1.29 is 27.4 Å². The third-order valence-electron chi connectivity index (χ3n) is 4.14. The molecular weight excluding hydrogens is 384 g/mol. The highest BCUT2D eigenvalue weighted by molar-refractivity contribution is 7.92. The predicted molar refractivity (Wildman–Crippen MR) is 105 cm³/mol. The summed E-state index contributed by atoms with van der Waals surface area (Å²) in [4.78, 5) is 12.4. The molecule has 0 saturated heterocycles. The van der Waals surface area contributed by atoms with Crippen molar-refractivity contribution in [2.75, 3.05) is 37.4 Å². The average Bonchev–Trinajstić information content (AvgIpc) is 2.69. The van der Waals surface area contributed by atoms with Gasteiger partial charge in [-0.15, -0.1) is 0 Å². The van der Waals surface area contributed by atoms with E-state index < -0.39 is 15.9 Å². The van der Waals surface area contributed by atoms with Gasteiger partial charge in [-0.25, -0.2) is 8.42 Å². The fraction of sp³-hybridized carbons (Fsp3) is 0.316. The van der Waals surface area contributed by atoms with E-state index in [0.29, 0.717) is 29.5 Å². The molecule has 2 aromatic rings. The zero-order valence-electron chi connectivity index (χ0n) is 15.6. The molecule has 28 heavy (non-hydrogen) atoms. The number of para-hydroxylation sites is 4. The average molecular weight is 406 g/mol. The summed E-state index contributed by atoms with van der Waals surface area (Å²) in [5.74, 6) is 1.17. The van der Waals surface area contributed by atoms with Crippen LogP contribution in [0.25, 0.3) is 0 Å². The van der Waals surface area contributed by atoms with Crippen molar-refractivity contribution in [3.05, 3.63) is 48.5 Å². The highest BCUT2D eigenvalue weighted by Crippen LogP contribution is 2.31. The molecule has 2 aromatic carbocycles. The van der Waals surface area contributed by atoms with E-state index in [1.807, 2.05) is 12.1 Å². The SMILES string of the molecule is COc1ccccc1N(CC(=O)NCC1COc2ccccc2O1)S(C)(=O)=O. The summed E-state index contributed by atoms with van der Waals surface area (Å²) in [6.07, 6.45) is 0.679. The van der Waals surface area contributed by atoms with Crippen LogP contribution < -0.4 is 23.8 Å². The maximum Gasteiger partial charge on any atom is 0.240 e. The van der Waals surface area contributed by atoms with Gasteiger partial charge in [0.2, 0.25) is 15.9 Å². The predicted octanol–water partition coefficient (Wildman–Crippen LogP) is 1.42. The van der Waals surface area contributed by atoms with Gasteiger partial charge in [0.25, 0.3) is 0 Å². The summed E-state index contributed by atoms with van der Waals surface area (Å²) >= 11 is 0. The fourth-order valence-electron chi connectivity index (χ4n) is 2.79. The smallest absolute Gasteiger partial charge is 0.240 e. The molecule has 0 fully saturated rings. The van der Waals surface area contributed by atoms with Crippen molar-refractivity contribution in [2.24, 2.45) is 0 Å². The summed E-state index contributed by atoms with van der Waals surface area (Å²) < 4.78 is 42.1. The van der Waals surface area contributed by atoms with Crippen molar-refractivity contribution in [3.63, 3.8) is 0 Å². The number of amides is 1. The molecule has 1 unspecified atom stereocenters. The molecule has 1 atom stereocenters. The zero-order chi connectivity index (χ0) is 20.1. The number of hydrogen-bond donors (Lipinski definition) is 1. The number of carbonyl (C=O) groups excluding carboxylic acids is 1. The molecule has 0 spiro atoms. The third-order valence-corrected chi connectivity index (χ3v) is 5.26. The van der Waals surface area contributed by atoms with Gasteiger partial charge < -0.3 is 19.5 Å². The Bertz CT molecular complexity index is 947. The molecule has 0 bridgehead atoms. The fourth-order valence-corrected chi connectivity index (χ4v) is 3.65. The van der Waals surface area contributed by atoms with Crippen LogP contribution in [0.15, 0.2) is 48.5 Å². The van der Waals surface area contributed by atoms with E-state index in [-0.39, 0.29) is 19.2 Å². The second kappa shape index (κ2) is 8.39. The highest BCUT2D eigenvalue weighted by atomic mass is 32.2. The summed E-state index contributed by atoms with van der Waals surface area (Å²) in [6, 6.07) is 13.9. The number of anilines is 1. The summed E-state index contributed by atoms with van der Waals surface area (Å²) in [6.45, 7) is 0.111. The lowest BCUT2D eigenvalue weighted by atomic mass is 10.2. The molecule has 1 N–H and O–H groups in total. The molecular formula is C19H22N2O6S. The third kappa shape index (κ3) is 4.66. The standard InChI is InChI=1S/C19H22N2O6S/c1-25-16-8-4-3-7-15(16)21(28(2,23)24)12-19(22)20-11-14-13-26-17-9-5-6-10-18(17)27-14/h3-10,14H,11-13H2,1-2H3,(H,20,22). The lowest BCUT2D eigenvalue weighted by Gasteiger charge is -2.27. The van der Waals surface area contributed by atoms with Gasteiger partial charge in [-0.05, 0) is 24.3 Å². The molecule has 0 aromatic heterocycles. The second-order valence-electron chi connectivity index (χ2n) is 6.24. The quantitative estimate of drug-likeness (QED) is 0.747. The monoisotopic (exact) mass is 406 g/mol. The van der Waals surface area contributed by atoms with Gasteiger partial charge >= 0.3 is 0 Å². The highest BCUT2D eigenvalue weighted by Gasteiger charge is 2.25. The molecule has 1 heterocycles. The van der Waals surface area contributed by atoms with Gasteiger partial charge in [0, 0.05) is 0 Å². The van der Waals surface area contributed by atoms with Gasteiger partial charge in [-0.1, -0.05) is 24.3 Å². The van der Waals surface area contributed by atoms with E-state index in [2.05, 4.69) is 5.32 Å². The van der Waals surface area contributed by atoms with Crippen LogP contribution in [0.3, 0.4) is 0 Å². The number of sulfonamides is 1. The van der Waals surface area contributed by atoms with Crippen molar-refractivity contribution in [2.45, 2.75) is 6.10 Å². The van der Waals surface area contributed by atoms with Crippen LogP contribution >= 0.6 is 0 Å². The minimum Gasteiger partial charge on any atom is -0.495 e. The molecule has 150 valence electrons. The van der Waals surface area contributed by atoms with Gasteiger partial charge in [0.1, 0.15) is 25.0 Å². The van der Waals surface area contributed by atoms with Crippen molar-refractivity contribution in [3.8, 4) is 17.2 Å². The Morgan fingerprint density at radius 1 is 1.18 bits per heavy atom. The van der Waals surface area contributed by atoms with E-state index in [1.54, 1.807) is 36.4 Å². The lowest BCUT2D eigenvalue weighted by Crippen LogP contribution is -2.45. The largest absolute Gasteiger partial charge is 0.495 e. The van der Waals surface area contributed by atoms with E-state index in [9.17, 15) is 13.2 Å². The normalized spacial score (nSPS) is 15.6. The van der Waals surface area contributed by atoms with Gasteiger partial charge in [-0.2, -0.15) is 0 Å². The molecule has 0 radical (unpaired) electrons. The van der Waals surface area contributed by atoms with Crippen molar-refractivity contribution in [1.29, 1.82) is 0 Å². The molecule has 1 aliphatic heterocycles. The first-order valence-electron chi connectivity index (χ1n) is 8.64. The first-order chi connectivity index (χ1) is 13.4. The Morgan fingerprint density at radius 2 is 1.86 bits per heavy atom. The van der Waals surface area contributed by atoms with Gasteiger partial charge in [0.15, 0.2) is 11.5 Å². The molecule has 0 aliphatic carbocycles. The number of hydrogen-bond acceptors (Lipinski definition) is 6. The van der Waals surface area contributed by atoms with Crippen LogP contribution in [0, 0.1) is 0 Å². The Labute approximate surface area is 164 Å². The maximum atomic E-state index is 12.4. The molecule has 9 heteroatoms. The minimum absolute atomic E-state index is 0.191. The van der Waals surface area contributed by atoms with E-state index >= 15 is 0 Å². The number of benzene rings is 2. The zero-order valence-corrected chi connectivity index (χ0v) is 16.4. The van der Waals surface area contributed by atoms with Gasteiger partial charge in [0.05, 0.1) is 25.6 Å². The first-order valence-corrected chi connectivity index (χ1v) is 10.5. The minimum atomic E-state index is -3.69. The number of nitrogens with zero attached hydrogens (tertiary/aromatic N) is 1. The van der Waals surface area contributed by atoms with Crippen molar-refractivity contribution in [1.82, 2.24) is 5.32 Å². The van der Waals surface area contributed by atoms with E-state index in [1.165, 1.54) is 7.11 Å². The number of rotatable bonds is 7. The Balaban J connectivity index is 1.64. The summed E-state index contributed by atoms with van der Waals surface area (Å²) in [7, 11) is -2.25. The molecule has 8 nitrogen and oxygen atoms in total. The first kappa shape index (κ1) is 19.8. The van der Waals surface area contributed by atoms with Crippen LogP contribution in [-0.2, 0) is 14.8 Å². The van der Waals surface area contributed by atoms with Crippen LogP contribution in [0.4, 0.5) is 5.69 Å². The van der Waals surface area contributed by atoms with Crippen molar-refractivity contribution >= 4 is 21.6 Å². The number of carbonyl (C=O) groups is 1. The molecule has 3 rings (SSSR count). The molecule has 1 amide bonds. The van der Waals surface area contributed by atoms with Gasteiger partial charge in [-0.3, -0.25) is 9.10 Å². The van der Waals surface area contributed by atoms with E-state index in [0.717, 1.165) is 10.6 Å². The van der Waals surface area contributed by atoms with Crippen LogP contribution in [0.2, 0.25) is 0 Å². The van der Waals surface area contributed by atoms with Crippen LogP contribution in [0.1, 0.15) is 0 Å². The van der Waals surface area contributed by atoms with E-state index in [4.69, 9.17) is 14.2 Å². The number of ether oxygens (including phenoxy) is 3. The maximum absolute atomic E-state index is 12.4. The summed E-state index contributed by atoms with van der Waals surface area (Å²) in [5, 5.41) is 2.70. The summed E-state index contributed by atoms with van der Waals surface area (Å²) in [5.41, 5.74) is 0.300.